The zero-order valence-electron chi connectivity index (χ0n) is 7.90. The first-order chi connectivity index (χ1) is 6.63. The minimum atomic E-state index is -0.656. The molecule has 14 heavy (non-hydrogen) atoms. The smallest absolute Gasteiger partial charge is 0.323 e. The van der Waals surface area contributed by atoms with Crippen LogP contribution in [0.5, 0.6) is 0 Å². The van der Waals surface area contributed by atoms with Gasteiger partial charge < -0.3 is 16.2 Å². The number of aromatic nitrogens is 1. The van der Waals surface area contributed by atoms with E-state index in [1.54, 1.807) is 12.3 Å². The Morgan fingerprint density at radius 1 is 1.79 bits per heavy atom. The van der Waals surface area contributed by atoms with Crippen molar-refractivity contribution in [2.75, 3.05) is 12.3 Å². The van der Waals surface area contributed by atoms with Gasteiger partial charge in [-0.2, -0.15) is 0 Å². The Morgan fingerprint density at radius 2 is 2.50 bits per heavy atom. The van der Waals surface area contributed by atoms with Crippen molar-refractivity contribution in [3.8, 4) is 0 Å². The zero-order chi connectivity index (χ0) is 10.6. The van der Waals surface area contributed by atoms with Gasteiger partial charge >= 0.3 is 5.97 Å². The molecule has 5 nitrogen and oxygen atoms in total. The van der Waals surface area contributed by atoms with Crippen LogP contribution in [0.3, 0.4) is 0 Å². The molecule has 1 unspecified atom stereocenters. The standard InChI is InChI=1S/C8H13N3O2S/c1-2-13-7(12)6(9)3-5-4-14-8(10)11-5/h4,6H,2-3,9H2,1H3,(H2,10,11). The molecule has 1 heterocycles. The fraction of sp³-hybridized carbons (Fsp3) is 0.500. The predicted molar refractivity (Wildman–Crippen MR) is 54.8 cm³/mol. The minimum Gasteiger partial charge on any atom is -0.465 e. The topological polar surface area (TPSA) is 91.2 Å². The number of nitrogens with two attached hydrogens (primary N) is 2. The van der Waals surface area contributed by atoms with E-state index in [0.717, 1.165) is 5.69 Å². The molecule has 1 rings (SSSR count). The summed E-state index contributed by atoms with van der Waals surface area (Å²) < 4.78 is 4.76. The molecule has 0 saturated heterocycles. The molecule has 0 amide bonds. The summed E-state index contributed by atoms with van der Waals surface area (Å²) in [6, 6.07) is -0.656. The van der Waals surface area contributed by atoms with E-state index in [0.29, 0.717) is 18.2 Å². The van der Waals surface area contributed by atoms with E-state index in [1.165, 1.54) is 11.3 Å². The zero-order valence-corrected chi connectivity index (χ0v) is 8.71. The summed E-state index contributed by atoms with van der Waals surface area (Å²) in [6.45, 7) is 2.08. The maximum atomic E-state index is 11.2. The van der Waals surface area contributed by atoms with Crippen LogP contribution >= 0.6 is 11.3 Å². The molecule has 1 atom stereocenters. The highest BCUT2D eigenvalue weighted by molar-refractivity contribution is 7.13. The lowest BCUT2D eigenvalue weighted by Gasteiger charge is -2.08. The lowest BCUT2D eigenvalue weighted by atomic mass is 10.2. The summed E-state index contributed by atoms with van der Waals surface area (Å²) in [5.41, 5.74) is 11.8. The summed E-state index contributed by atoms with van der Waals surface area (Å²) >= 11 is 1.33. The Balaban J connectivity index is 2.48. The van der Waals surface area contributed by atoms with E-state index in [2.05, 4.69) is 4.98 Å². The largest absolute Gasteiger partial charge is 0.465 e. The van der Waals surface area contributed by atoms with E-state index in [4.69, 9.17) is 16.2 Å². The van der Waals surface area contributed by atoms with E-state index < -0.39 is 12.0 Å². The summed E-state index contributed by atoms with van der Waals surface area (Å²) in [5.74, 6) is -0.404. The van der Waals surface area contributed by atoms with Gasteiger partial charge in [0.25, 0.3) is 0 Å². The molecule has 0 aliphatic heterocycles. The molecule has 4 N–H and O–H groups in total. The molecule has 6 heteroatoms. The summed E-state index contributed by atoms with van der Waals surface area (Å²) in [7, 11) is 0. The number of carbonyl (C=O) groups excluding carboxylic acids is 1. The fourth-order valence-corrected chi connectivity index (χ4v) is 1.55. The second kappa shape index (κ2) is 4.92. The molecule has 78 valence electrons. The second-order valence-electron chi connectivity index (χ2n) is 2.74. The van der Waals surface area contributed by atoms with Gasteiger partial charge in [-0.3, -0.25) is 4.79 Å². The van der Waals surface area contributed by atoms with Crippen LogP contribution in [-0.2, 0) is 16.0 Å². The van der Waals surface area contributed by atoms with E-state index in [-0.39, 0.29) is 0 Å². The first-order valence-electron chi connectivity index (χ1n) is 4.25. The second-order valence-corrected chi connectivity index (χ2v) is 3.63. The highest BCUT2D eigenvalue weighted by Gasteiger charge is 2.16. The summed E-state index contributed by atoms with van der Waals surface area (Å²) in [5, 5.41) is 2.27. The van der Waals surface area contributed by atoms with Crippen molar-refractivity contribution in [3.63, 3.8) is 0 Å². The Labute approximate surface area is 86.1 Å². The molecule has 0 radical (unpaired) electrons. The molecule has 0 aliphatic carbocycles. The van der Waals surface area contributed by atoms with Crippen molar-refractivity contribution >= 4 is 22.4 Å². The number of nitrogen functional groups attached to an aromatic ring is 1. The third kappa shape index (κ3) is 2.97. The molecule has 0 fully saturated rings. The molecular weight excluding hydrogens is 202 g/mol. The SMILES string of the molecule is CCOC(=O)C(N)Cc1csc(N)n1. The lowest BCUT2D eigenvalue weighted by Crippen LogP contribution is -2.34. The number of rotatable bonds is 4. The van der Waals surface area contributed by atoms with Gasteiger partial charge in [0.2, 0.25) is 0 Å². The number of thiazole rings is 1. The van der Waals surface area contributed by atoms with Crippen molar-refractivity contribution in [1.82, 2.24) is 4.98 Å². The van der Waals surface area contributed by atoms with Gasteiger partial charge in [-0.05, 0) is 6.92 Å². The van der Waals surface area contributed by atoms with Gasteiger partial charge in [0.15, 0.2) is 5.13 Å². The first kappa shape index (κ1) is 10.9. The van der Waals surface area contributed by atoms with Crippen LogP contribution in [0.15, 0.2) is 5.38 Å². The highest BCUT2D eigenvalue weighted by atomic mass is 32.1. The van der Waals surface area contributed by atoms with Gasteiger partial charge in [0.05, 0.1) is 12.3 Å². The van der Waals surface area contributed by atoms with E-state index in [1.807, 2.05) is 0 Å². The fourth-order valence-electron chi connectivity index (χ4n) is 0.974. The van der Waals surface area contributed by atoms with Gasteiger partial charge in [-0.1, -0.05) is 0 Å². The third-order valence-corrected chi connectivity index (χ3v) is 2.31. The van der Waals surface area contributed by atoms with Gasteiger partial charge in [-0.25, -0.2) is 4.98 Å². The number of hydrogen-bond donors (Lipinski definition) is 2. The predicted octanol–water partition coefficient (Wildman–Crippen LogP) is 0.158. The molecule has 0 bridgehead atoms. The maximum absolute atomic E-state index is 11.2. The average molecular weight is 215 g/mol. The summed E-state index contributed by atoms with van der Waals surface area (Å²) in [6.07, 6.45) is 0.368. The van der Waals surface area contributed by atoms with Crippen molar-refractivity contribution < 1.29 is 9.53 Å². The summed E-state index contributed by atoms with van der Waals surface area (Å²) in [4.78, 5) is 15.2. The number of esters is 1. The van der Waals surface area contributed by atoms with Crippen LogP contribution in [0.2, 0.25) is 0 Å². The van der Waals surface area contributed by atoms with Crippen LogP contribution in [0.4, 0.5) is 5.13 Å². The van der Waals surface area contributed by atoms with E-state index in [9.17, 15) is 4.79 Å². The Hall–Kier alpha value is -1.14. The Bertz CT molecular complexity index is 313. The average Bonchev–Trinajstić information content (AvgIpc) is 2.51. The van der Waals surface area contributed by atoms with E-state index >= 15 is 0 Å². The quantitative estimate of drug-likeness (QED) is 0.698. The van der Waals surface area contributed by atoms with Crippen molar-refractivity contribution in [2.24, 2.45) is 5.73 Å². The van der Waals surface area contributed by atoms with Gasteiger partial charge in [0.1, 0.15) is 6.04 Å². The van der Waals surface area contributed by atoms with Crippen molar-refractivity contribution in [2.45, 2.75) is 19.4 Å². The third-order valence-electron chi connectivity index (χ3n) is 1.59. The van der Waals surface area contributed by atoms with Crippen molar-refractivity contribution in [1.29, 1.82) is 0 Å². The molecular formula is C8H13N3O2S. The lowest BCUT2D eigenvalue weighted by molar-refractivity contribution is -0.144. The number of anilines is 1. The molecule has 1 aromatic rings. The van der Waals surface area contributed by atoms with Crippen LogP contribution in [0, 0.1) is 0 Å². The Kier molecular flexibility index (Phi) is 3.84. The normalized spacial score (nSPS) is 12.4. The molecule has 0 saturated carbocycles. The number of nitrogens with zero attached hydrogens (tertiary/aromatic N) is 1. The molecule has 0 spiro atoms. The highest BCUT2D eigenvalue weighted by Crippen LogP contribution is 2.12. The van der Waals surface area contributed by atoms with Crippen LogP contribution in [0.25, 0.3) is 0 Å². The maximum Gasteiger partial charge on any atom is 0.323 e. The molecule has 1 aromatic heterocycles. The van der Waals surface area contributed by atoms with Gasteiger partial charge in [0, 0.05) is 11.8 Å². The number of hydrogen-bond acceptors (Lipinski definition) is 6. The number of carbonyl (C=O) groups is 1. The minimum absolute atomic E-state index is 0.339. The molecule has 0 aliphatic rings. The number of ether oxygens (including phenoxy) is 1. The van der Waals surface area contributed by atoms with Crippen LogP contribution < -0.4 is 11.5 Å². The van der Waals surface area contributed by atoms with Crippen LogP contribution in [0.1, 0.15) is 12.6 Å². The molecule has 0 aromatic carbocycles. The van der Waals surface area contributed by atoms with Crippen molar-refractivity contribution in [3.05, 3.63) is 11.1 Å². The first-order valence-corrected chi connectivity index (χ1v) is 5.13. The van der Waals surface area contributed by atoms with Crippen LogP contribution in [-0.4, -0.2) is 23.6 Å². The Morgan fingerprint density at radius 3 is 3.00 bits per heavy atom. The van der Waals surface area contributed by atoms with Gasteiger partial charge in [-0.15, -0.1) is 11.3 Å². The monoisotopic (exact) mass is 215 g/mol.